The second-order valence-electron chi connectivity index (χ2n) is 4.15. The van der Waals surface area contributed by atoms with Gasteiger partial charge < -0.3 is 10.4 Å². The Labute approximate surface area is 104 Å². The molecular weight excluding hydrogens is 273 g/mol. The van der Waals surface area contributed by atoms with E-state index in [0.717, 1.165) is 10.0 Å². The summed E-state index contributed by atoms with van der Waals surface area (Å²) in [5.41, 5.74) is 0.987. The molecule has 0 bridgehead atoms. The minimum atomic E-state index is -0.252. The van der Waals surface area contributed by atoms with Crippen LogP contribution in [0, 0.1) is 11.7 Å². The van der Waals surface area contributed by atoms with Gasteiger partial charge in [-0.1, -0.05) is 35.8 Å². The fourth-order valence-electron chi connectivity index (χ4n) is 1.42. The number of aliphatic hydroxyl groups is 1. The summed E-state index contributed by atoms with van der Waals surface area (Å²) in [6.07, 6.45) is 0. The summed E-state index contributed by atoms with van der Waals surface area (Å²) < 4.78 is 13.6. The van der Waals surface area contributed by atoms with Gasteiger partial charge in [-0.05, 0) is 23.6 Å². The lowest BCUT2D eigenvalue weighted by Gasteiger charge is -2.20. The summed E-state index contributed by atoms with van der Waals surface area (Å²) in [7, 11) is 0. The Morgan fingerprint density at radius 1 is 1.44 bits per heavy atom. The number of benzene rings is 1. The van der Waals surface area contributed by atoms with Crippen molar-refractivity contribution in [2.24, 2.45) is 5.92 Å². The molecule has 2 N–H and O–H groups in total. The first-order chi connectivity index (χ1) is 7.54. The second-order valence-corrected chi connectivity index (χ2v) is 5.00. The minimum Gasteiger partial charge on any atom is -0.395 e. The summed E-state index contributed by atoms with van der Waals surface area (Å²) in [6, 6.07) is 4.68. The van der Waals surface area contributed by atoms with E-state index in [4.69, 9.17) is 5.11 Å². The van der Waals surface area contributed by atoms with E-state index in [9.17, 15) is 4.39 Å². The van der Waals surface area contributed by atoms with Gasteiger partial charge in [-0.25, -0.2) is 4.39 Å². The van der Waals surface area contributed by atoms with Gasteiger partial charge in [0.2, 0.25) is 0 Å². The van der Waals surface area contributed by atoms with Crippen LogP contribution in [-0.2, 0) is 6.54 Å². The second kappa shape index (κ2) is 6.33. The third-order valence-corrected chi connectivity index (χ3v) is 3.31. The average molecular weight is 290 g/mol. The van der Waals surface area contributed by atoms with Crippen molar-refractivity contribution < 1.29 is 9.50 Å². The van der Waals surface area contributed by atoms with Gasteiger partial charge in [0.05, 0.1) is 6.61 Å². The third kappa shape index (κ3) is 3.85. The molecule has 16 heavy (non-hydrogen) atoms. The van der Waals surface area contributed by atoms with Crippen LogP contribution < -0.4 is 5.32 Å². The Kier molecular flexibility index (Phi) is 5.38. The fourth-order valence-corrected chi connectivity index (χ4v) is 1.91. The Morgan fingerprint density at radius 2 is 2.12 bits per heavy atom. The highest BCUT2D eigenvalue weighted by atomic mass is 79.9. The van der Waals surface area contributed by atoms with Crippen molar-refractivity contribution in [2.75, 3.05) is 6.61 Å². The van der Waals surface area contributed by atoms with Gasteiger partial charge in [-0.3, -0.25) is 0 Å². The number of aliphatic hydroxyl groups excluding tert-OH is 1. The summed E-state index contributed by atoms with van der Waals surface area (Å²) >= 11 is 3.31. The molecule has 0 amide bonds. The fraction of sp³-hybridized carbons (Fsp3) is 0.500. The van der Waals surface area contributed by atoms with Gasteiger partial charge in [0.25, 0.3) is 0 Å². The van der Waals surface area contributed by atoms with E-state index in [1.165, 1.54) is 12.1 Å². The van der Waals surface area contributed by atoms with Gasteiger partial charge in [0, 0.05) is 17.1 Å². The van der Waals surface area contributed by atoms with Crippen LogP contribution in [0.15, 0.2) is 22.7 Å². The molecule has 0 fully saturated rings. The molecule has 0 unspecified atom stereocenters. The highest BCUT2D eigenvalue weighted by Crippen LogP contribution is 2.18. The minimum absolute atomic E-state index is 0.0666. The Hall–Kier alpha value is -0.450. The molecule has 1 rings (SSSR count). The Morgan fingerprint density at radius 3 is 2.62 bits per heavy atom. The zero-order valence-corrected chi connectivity index (χ0v) is 11.1. The molecule has 1 aromatic rings. The lowest BCUT2D eigenvalue weighted by atomic mass is 10.1. The van der Waals surface area contributed by atoms with E-state index in [2.05, 4.69) is 21.2 Å². The number of hydrogen-bond acceptors (Lipinski definition) is 2. The molecule has 90 valence electrons. The topological polar surface area (TPSA) is 32.3 Å². The Bertz CT molecular complexity index is 344. The van der Waals surface area contributed by atoms with Crippen LogP contribution in [0.1, 0.15) is 19.4 Å². The molecule has 0 saturated carbocycles. The maximum Gasteiger partial charge on any atom is 0.124 e. The van der Waals surface area contributed by atoms with Crippen molar-refractivity contribution >= 4 is 15.9 Å². The first-order valence-electron chi connectivity index (χ1n) is 5.32. The van der Waals surface area contributed by atoms with Gasteiger partial charge >= 0.3 is 0 Å². The molecule has 0 spiro atoms. The third-order valence-electron chi connectivity index (χ3n) is 2.57. The largest absolute Gasteiger partial charge is 0.395 e. The lowest BCUT2D eigenvalue weighted by molar-refractivity contribution is 0.210. The molecular formula is C12H17BrFNO. The molecule has 0 saturated heterocycles. The molecule has 0 radical (unpaired) electrons. The van der Waals surface area contributed by atoms with Crippen molar-refractivity contribution in [3.63, 3.8) is 0 Å². The van der Waals surface area contributed by atoms with Crippen molar-refractivity contribution in [3.05, 3.63) is 34.1 Å². The highest BCUT2D eigenvalue weighted by molar-refractivity contribution is 9.10. The van der Waals surface area contributed by atoms with E-state index < -0.39 is 0 Å². The molecule has 0 aromatic heterocycles. The van der Waals surface area contributed by atoms with Crippen molar-refractivity contribution in [3.8, 4) is 0 Å². The maximum atomic E-state index is 12.9. The van der Waals surface area contributed by atoms with E-state index in [-0.39, 0.29) is 18.5 Å². The van der Waals surface area contributed by atoms with Crippen LogP contribution in [0.4, 0.5) is 4.39 Å². The van der Waals surface area contributed by atoms with Gasteiger partial charge in [0.15, 0.2) is 0 Å². The summed E-state index contributed by atoms with van der Waals surface area (Å²) in [4.78, 5) is 0. The van der Waals surface area contributed by atoms with Gasteiger partial charge in [-0.2, -0.15) is 0 Å². The zero-order chi connectivity index (χ0) is 12.1. The molecule has 0 aliphatic rings. The zero-order valence-electron chi connectivity index (χ0n) is 9.50. The summed E-state index contributed by atoms with van der Waals surface area (Å²) in [6.45, 7) is 4.82. The van der Waals surface area contributed by atoms with Gasteiger partial charge in [-0.15, -0.1) is 0 Å². The van der Waals surface area contributed by atoms with Crippen LogP contribution in [0.5, 0.6) is 0 Å². The molecule has 1 atom stereocenters. The van der Waals surface area contributed by atoms with Gasteiger partial charge in [0.1, 0.15) is 5.82 Å². The normalized spacial score (nSPS) is 13.1. The number of hydrogen-bond donors (Lipinski definition) is 2. The number of nitrogens with one attached hydrogen (secondary N) is 1. The molecule has 1 aromatic carbocycles. The number of rotatable bonds is 5. The summed E-state index contributed by atoms with van der Waals surface area (Å²) in [5, 5.41) is 12.4. The first-order valence-corrected chi connectivity index (χ1v) is 6.12. The average Bonchev–Trinajstić information content (AvgIpc) is 2.21. The van der Waals surface area contributed by atoms with E-state index in [1.54, 1.807) is 6.07 Å². The van der Waals surface area contributed by atoms with Crippen molar-refractivity contribution in [1.29, 1.82) is 0 Å². The van der Waals surface area contributed by atoms with Crippen LogP contribution in [0.3, 0.4) is 0 Å². The molecule has 0 aliphatic heterocycles. The molecule has 2 nitrogen and oxygen atoms in total. The highest BCUT2D eigenvalue weighted by Gasteiger charge is 2.11. The van der Waals surface area contributed by atoms with Crippen LogP contribution in [0.25, 0.3) is 0 Å². The predicted octanol–water partition coefficient (Wildman–Crippen LogP) is 2.69. The van der Waals surface area contributed by atoms with E-state index in [0.29, 0.717) is 12.5 Å². The Balaban J connectivity index is 2.60. The van der Waals surface area contributed by atoms with Crippen LogP contribution in [-0.4, -0.2) is 17.8 Å². The quantitative estimate of drug-likeness (QED) is 0.874. The standard InChI is InChI=1S/C12H17BrFNO/c1-8(2)12(7-16)15-6-9-3-4-10(14)5-11(9)13/h3-5,8,12,15-16H,6-7H2,1-2H3/t12-/m1/s1. The van der Waals surface area contributed by atoms with Crippen LogP contribution >= 0.6 is 15.9 Å². The SMILES string of the molecule is CC(C)[C@@H](CO)NCc1ccc(F)cc1Br. The maximum absolute atomic E-state index is 12.9. The molecule has 4 heteroatoms. The lowest BCUT2D eigenvalue weighted by Crippen LogP contribution is -2.36. The van der Waals surface area contributed by atoms with E-state index >= 15 is 0 Å². The molecule has 0 aliphatic carbocycles. The van der Waals surface area contributed by atoms with Crippen molar-refractivity contribution in [2.45, 2.75) is 26.4 Å². The number of halogens is 2. The first kappa shape index (κ1) is 13.6. The predicted molar refractivity (Wildman–Crippen MR) is 66.7 cm³/mol. The smallest absolute Gasteiger partial charge is 0.124 e. The van der Waals surface area contributed by atoms with Crippen LogP contribution in [0.2, 0.25) is 0 Å². The van der Waals surface area contributed by atoms with E-state index in [1.807, 2.05) is 13.8 Å². The molecule has 0 heterocycles. The summed E-state index contributed by atoms with van der Waals surface area (Å²) in [5.74, 6) is 0.113. The monoisotopic (exact) mass is 289 g/mol. The van der Waals surface area contributed by atoms with Crippen molar-refractivity contribution in [1.82, 2.24) is 5.32 Å².